The smallest absolute Gasteiger partial charge is 0.302 e. The van der Waals surface area contributed by atoms with E-state index in [-0.39, 0.29) is 0 Å². The second-order valence-electron chi connectivity index (χ2n) is 5.20. The van der Waals surface area contributed by atoms with E-state index >= 15 is 0 Å². The van der Waals surface area contributed by atoms with Gasteiger partial charge < -0.3 is 4.57 Å². The van der Waals surface area contributed by atoms with Crippen LogP contribution in [0.4, 0.5) is 0 Å². The molecule has 0 amide bonds. The van der Waals surface area contributed by atoms with E-state index in [4.69, 9.17) is 0 Å². The Kier molecular flexibility index (Phi) is 4.53. The predicted octanol–water partition coefficient (Wildman–Crippen LogP) is -0.139. The second kappa shape index (κ2) is 6.09. The highest BCUT2D eigenvalue weighted by Crippen LogP contribution is 2.22. The lowest BCUT2D eigenvalue weighted by atomic mass is 10.2. The SMILES string of the molecule is CC(c1ccccn1)N(C)S(=O)(=O)c1cn(C)c(=O)n(C)c1=O. The maximum absolute atomic E-state index is 12.8. The van der Waals surface area contributed by atoms with Crippen LogP contribution in [0.5, 0.6) is 0 Å². The van der Waals surface area contributed by atoms with Gasteiger partial charge in [-0.05, 0) is 19.1 Å². The summed E-state index contributed by atoms with van der Waals surface area (Å²) >= 11 is 0. The van der Waals surface area contributed by atoms with Gasteiger partial charge in [-0.25, -0.2) is 13.2 Å². The first kappa shape index (κ1) is 17.1. The molecule has 2 rings (SSSR count). The lowest BCUT2D eigenvalue weighted by Gasteiger charge is -2.23. The van der Waals surface area contributed by atoms with Crippen molar-refractivity contribution in [3.63, 3.8) is 0 Å². The molecule has 124 valence electrons. The molecule has 2 aromatic heterocycles. The minimum atomic E-state index is -4.08. The molecule has 0 saturated carbocycles. The molecule has 9 heteroatoms. The Morgan fingerprint density at radius 3 is 2.43 bits per heavy atom. The van der Waals surface area contributed by atoms with E-state index in [1.165, 1.54) is 21.1 Å². The summed E-state index contributed by atoms with van der Waals surface area (Å²) in [4.78, 5) is 27.6. The fourth-order valence-electron chi connectivity index (χ4n) is 2.12. The molecule has 0 fully saturated rings. The number of nitrogens with zero attached hydrogens (tertiary/aromatic N) is 4. The zero-order valence-corrected chi connectivity index (χ0v) is 14.1. The third-order valence-electron chi connectivity index (χ3n) is 3.73. The van der Waals surface area contributed by atoms with E-state index in [2.05, 4.69) is 4.98 Å². The number of aryl methyl sites for hydroxylation is 1. The molecule has 0 aliphatic carbocycles. The van der Waals surface area contributed by atoms with Crippen LogP contribution < -0.4 is 11.2 Å². The van der Waals surface area contributed by atoms with Gasteiger partial charge in [0.1, 0.15) is 0 Å². The maximum atomic E-state index is 12.8. The van der Waals surface area contributed by atoms with Crippen LogP contribution in [0.2, 0.25) is 0 Å². The Morgan fingerprint density at radius 2 is 1.87 bits per heavy atom. The summed E-state index contributed by atoms with van der Waals surface area (Å²) in [6.07, 6.45) is 2.61. The van der Waals surface area contributed by atoms with Crippen LogP contribution in [0, 0.1) is 0 Å². The van der Waals surface area contributed by atoms with E-state index < -0.39 is 32.2 Å². The molecule has 2 aromatic rings. The number of hydrogen-bond donors (Lipinski definition) is 0. The zero-order chi connectivity index (χ0) is 17.4. The monoisotopic (exact) mass is 338 g/mol. The van der Waals surface area contributed by atoms with Crippen molar-refractivity contribution in [3.05, 3.63) is 57.1 Å². The second-order valence-corrected chi connectivity index (χ2v) is 7.17. The summed E-state index contributed by atoms with van der Waals surface area (Å²) in [6, 6.07) is 4.62. The summed E-state index contributed by atoms with van der Waals surface area (Å²) in [5.74, 6) is 0. The third kappa shape index (κ3) is 2.97. The molecule has 8 nitrogen and oxygen atoms in total. The van der Waals surface area contributed by atoms with Gasteiger partial charge in [0.15, 0.2) is 4.90 Å². The quantitative estimate of drug-likeness (QED) is 0.773. The summed E-state index contributed by atoms with van der Waals surface area (Å²) in [5, 5.41) is 0. The summed E-state index contributed by atoms with van der Waals surface area (Å²) < 4.78 is 28.4. The van der Waals surface area contributed by atoms with Crippen LogP contribution in [0.1, 0.15) is 18.7 Å². The molecular weight excluding hydrogens is 320 g/mol. The highest BCUT2D eigenvalue weighted by Gasteiger charge is 2.30. The van der Waals surface area contributed by atoms with Gasteiger partial charge in [0.25, 0.3) is 5.56 Å². The van der Waals surface area contributed by atoms with Gasteiger partial charge in [-0.15, -0.1) is 0 Å². The first-order valence-electron chi connectivity index (χ1n) is 6.83. The molecule has 0 aliphatic heterocycles. The standard InChI is InChI=1S/C14H18N4O4S/c1-10(11-7-5-6-8-15-11)18(4)23(21,22)12-9-16(2)14(20)17(3)13(12)19/h5-10H,1-4H3. The van der Waals surface area contributed by atoms with E-state index in [9.17, 15) is 18.0 Å². The Hall–Kier alpha value is -2.26. The van der Waals surface area contributed by atoms with Crippen molar-refractivity contribution in [2.24, 2.45) is 14.1 Å². The van der Waals surface area contributed by atoms with Crippen molar-refractivity contribution in [1.82, 2.24) is 18.4 Å². The number of aromatic nitrogens is 3. The van der Waals surface area contributed by atoms with Crippen LogP contribution in [0.25, 0.3) is 0 Å². The van der Waals surface area contributed by atoms with Crippen molar-refractivity contribution >= 4 is 10.0 Å². The molecule has 0 N–H and O–H groups in total. The number of sulfonamides is 1. The highest BCUT2D eigenvalue weighted by atomic mass is 32.2. The average molecular weight is 338 g/mol. The molecule has 0 aromatic carbocycles. The van der Waals surface area contributed by atoms with Crippen LogP contribution in [0.3, 0.4) is 0 Å². The van der Waals surface area contributed by atoms with Crippen molar-refractivity contribution in [2.75, 3.05) is 7.05 Å². The van der Waals surface area contributed by atoms with Crippen molar-refractivity contribution in [3.8, 4) is 0 Å². The van der Waals surface area contributed by atoms with Crippen LogP contribution >= 0.6 is 0 Å². The molecule has 0 spiro atoms. The third-order valence-corrected chi connectivity index (χ3v) is 5.64. The fraction of sp³-hybridized carbons (Fsp3) is 0.357. The molecule has 1 unspecified atom stereocenters. The predicted molar refractivity (Wildman–Crippen MR) is 84.5 cm³/mol. The summed E-state index contributed by atoms with van der Waals surface area (Å²) in [7, 11) is -0.0705. The van der Waals surface area contributed by atoms with Crippen LogP contribution in [0.15, 0.2) is 45.1 Å². The first-order valence-corrected chi connectivity index (χ1v) is 8.27. The fourth-order valence-corrected chi connectivity index (χ4v) is 3.61. The van der Waals surface area contributed by atoms with E-state index in [0.717, 1.165) is 19.6 Å². The number of pyridine rings is 1. The van der Waals surface area contributed by atoms with Crippen molar-refractivity contribution in [2.45, 2.75) is 17.9 Å². The van der Waals surface area contributed by atoms with Gasteiger partial charge >= 0.3 is 5.69 Å². The topological polar surface area (TPSA) is 94.3 Å². The van der Waals surface area contributed by atoms with Gasteiger partial charge in [-0.2, -0.15) is 4.31 Å². The minimum Gasteiger partial charge on any atom is -0.302 e. The molecule has 23 heavy (non-hydrogen) atoms. The van der Waals surface area contributed by atoms with Gasteiger partial charge in [-0.3, -0.25) is 14.3 Å². The van der Waals surface area contributed by atoms with Crippen LogP contribution in [-0.2, 0) is 24.1 Å². The molecule has 0 bridgehead atoms. The first-order chi connectivity index (χ1) is 10.7. The zero-order valence-electron chi connectivity index (χ0n) is 13.3. The van der Waals surface area contributed by atoms with E-state index in [1.807, 2.05) is 0 Å². The Balaban J connectivity index is 2.55. The average Bonchev–Trinajstić information content (AvgIpc) is 2.55. The summed E-state index contributed by atoms with van der Waals surface area (Å²) in [5.41, 5.74) is -0.886. The molecule has 0 radical (unpaired) electrons. The van der Waals surface area contributed by atoms with Crippen molar-refractivity contribution < 1.29 is 8.42 Å². The highest BCUT2D eigenvalue weighted by molar-refractivity contribution is 7.89. The summed E-state index contributed by atoms with van der Waals surface area (Å²) in [6.45, 7) is 1.67. The molecule has 0 saturated heterocycles. The normalized spacial score (nSPS) is 13.3. The maximum Gasteiger partial charge on any atom is 0.330 e. The number of rotatable bonds is 4. The molecule has 0 aliphatic rings. The Bertz CT molecular complexity index is 931. The lowest BCUT2D eigenvalue weighted by Crippen LogP contribution is -2.42. The van der Waals surface area contributed by atoms with Crippen molar-refractivity contribution in [1.29, 1.82) is 0 Å². The molecule has 2 heterocycles. The Labute approximate surface area is 133 Å². The van der Waals surface area contributed by atoms with Gasteiger partial charge in [0.05, 0.1) is 11.7 Å². The van der Waals surface area contributed by atoms with E-state index in [0.29, 0.717) is 5.69 Å². The Morgan fingerprint density at radius 1 is 1.22 bits per heavy atom. The van der Waals surface area contributed by atoms with E-state index in [1.54, 1.807) is 31.3 Å². The van der Waals surface area contributed by atoms with Gasteiger partial charge in [0.2, 0.25) is 10.0 Å². The largest absolute Gasteiger partial charge is 0.330 e. The molecule has 1 atom stereocenters. The number of hydrogen-bond acceptors (Lipinski definition) is 5. The van der Waals surface area contributed by atoms with Gasteiger partial charge in [0, 0.05) is 33.5 Å². The van der Waals surface area contributed by atoms with Crippen LogP contribution in [-0.4, -0.2) is 33.9 Å². The molecular formula is C14H18N4O4S. The van der Waals surface area contributed by atoms with Gasteiger partial charge in [-0.1, -0.05) is 6.07 Å². The minimum absolute atomic E-state index is 0.451. The lowest BCUT2D eigenvalue weighted by molar-refractivity contribution is 0.390.